The highest BCUT2D eigenvalue weighted by atomic mass is 16.6. The SMILES string of the molecule is CC(OC(N)=O)c1ncc(N(C)c2ccc([N+](=O)[O-])cc2)cn1. The second kappa shape index (κ2) is 6.69. The van der Waals surface area contributed by atoms with Crippen molar-refractivity contribution < 1.29 is 14.5 Å². The van der Waals surface area contributed by atoms with Gasteiger partial charge in [-0.1, -0.05) is 0 Å². The number of carbonyl (C=O) groups excluding carboxylic acids is 1. The molecule has 9 heteroatoms. The normalized spacial score (nSPS) is 11.6. The minimum Gasteiger partial charge on any atom is -0.438 e. The first-order chi connectivity index (χ1) is 10.9. The third-order valence-electron chi connectivity index (χ3n) is 3.15. The number of rotatable bonds is 5. The molecule has 0 fully saturated rings. The van der Waals surface area contributed by atoms with Crippen LogP contribution in [0.25, 0.3) is 0 Å². The summed E-state index contributed by atoms with van der Waals surface area (Å²) in [4.78, 5) is 30.9. The standard InChI is InChI=1S/C14H15N5O4/c1-9(23-14(15)20)13-16-7-12(8-17-13)18(2)10-3-5-11(6-4-10)19(21)22/h3-9H,1-2H3,(H2,15,20). The van der Waals surface area contributed by atoms with E-state index in [1.165, 1.54) is 12.1 Å². The number of ether oxygens (including phenoxy) is 1. The van der Waals surface area contributed by atoms with Gasteiger partial charge in [0, 0.05) is 24.9 Å². The second-order valence-corrected chi connectivity index (χ2v) is 4.71. The Bertz CT molecular complexity index is 702. The van der Waals surface area contributed by atoms with Crippen molar-refractivity contribution in [3.8, 4) is 0 Å². The Balaban J connectivity index is 2.15. The lowest BCUT2D eigenvalue weighted by Gasteiger charge is -2.19. The fourth-order valence-corrected chi connectivity index (χ4v) is 1.89. The van der Waals surface area contributed by atoms with Crippen LogP contribution in [0.5, 0.6) is 0 Å². The average Bonchev–Trinajstić information content (AvgIpc) is 2.53. The molecule has 1 amide bonds. The Morgan fingerprint density at radius 1 is 1.26 bits per heavy atom. The molecule has 0 bridgehead atoms. The minimum atomic E-state index is -0.895. The van der Waals surface area contributed by atoms with Crippen LogP contribution in [-0.2, 0) is 4.74 Å². The van der Waals surface area contributed by atoms with Gasteiger partial charge < -0.3 is 15.4 Å². The molecule has 0 aliphatic heterocycles. The van der Waals surface area contributed by atoms with Gasteiger partial charge in [-0.25, -0.2) is 14.8 Å². The molecule has 23 heavy (non-hydrogen) atoms. The van der Waals surface area contributed by atoms with Crippen molar-refractivity contribution in [1.82, 2.24) is 9.97 Å². The van der Waals surface area contributed by atoms with Crippen LogP contribution in [0.3, 0.4) is 0 Å². The summed E-state index contributed by atoms with van der Waals surface area (Å²) in [5, 5.41) is 10.7. The molecule has 1 atom stereocenters. The van der Waals surface area contributed by atoms with E-state index in [2.05, 4.69) is 9.97 Å². The van der Waals surface area contributed by atoms with Crippen molar-refractivity contribution in [2.75, 3.05) is 11.9 Å². The van der Waals surface area contributed by atoms with Crippen LogP contribution < -0.4 is 10.6 Å². The zero-order valence-corrected chi connectivity index (χ0v) is 12.5. The van der Waals surface area contributed by atoms with Gasteiger partial charge in [0.1, 0.15) is 0 Å². The van der Waals surface area contributed by atoms with Crippen molar-refractivity contribution in [2.24, 2.45) is 5.73 Å². The number of primary amides is 1. The fourth-order valence-electron chi connectivity index (χ4n) is 1.89. The highest BCUT2D eigenvalue weighted by molar-refractivity contribution is 5.65. The lowest BCUT2D eigenvalue weighted by Crippen LogP contribution is -2.17. The molecule has 1 aromatic carbocycles. The maximum Gasteiger partial charge on any atom is 0.405 e. The number of nitro groups is 1. The Morgan fingerprint density at radius 2 is 1.83 bits per heavy atom. The number of non-ortho nitro benzene ring substituents is 1. The van der Waals surface area contributed by atoms with E-state index >= 15 is 0 Å². The van der Waals surface area contributed by atoms with Gasteiger partial charge in [-0.05, 0) is 19.1 Å². The maximum absolute atomic E-state index is 10.7. The first-order valence-corrected chi connectivity index (χ1v) is 6.64. The molecule has 0 radical (unpaired) electrons. The van der Waals surface area contributed by atoms with Crippen LogP contribution in [0, 0.1) is 10.1 Å². The van der Waals surface area contributed by atoms with Crippen molar-refractivity contribution in [1.29, 1.82) is 0 Å². The number of amides is 1. The van der Waals surface area contributed by atoms with Crippen molar-refractivity contribution in [3.05, 3.63) is 52.6 Å². The number of aromatic nitrogens is 2. The predicted octanol–water partition coefficient (Wildman–Crippen LogP) is 2.31. The molecule has 120 valence electrons. The molecule has 2 N–H and O–H groups in total. The molecule has 0 saturated carbocycles. The molecule has 1 aromatic heterocycles. The lowest BCUT2D eigenvalue weighted by atomic mass is 10.2. The summed E-state index contributed by atoms with van der Waals surface area (Å²) in [6.45, 7) is 1.61. The van der Waals surface area contributed by atoms with Gasteiger partial charge >= 0.3 is 6.09 Å². The number of carbonyl (C=O) groups is 1. The molecular weight excluding hydrogens is 302 g/mol. The van der Waals surface area contributed by atoms with Crippen molar-refractivity contribution in [3.63, 3.8) is 0 Å². The van der Waals surface area contributed by atoms with Crippen LogP contribution in [0.2, 0.25) is 0 Å². The highest BCUT2D eigenvalue weighted by Crippen LogP contribution is 2.25. The Kier molecular flexibility index (Phi) is 4.69. The molecule has 9 nitrogen and oxygen atoms in total. The Morgan fingerprint density at radius 3 is 2.30 bits per heavy atom. The number of nitrogens with zero attached hydrogens (tertiary/aromatic N) is 4. The first kappa shape index (κ1) is 16.1. The molecule has 0 saturated heterocycles. The number of nitrogens with two attached hydrogens (primary N) is 1. The monoisotopic (exact) mass is 317 g/mol. The highest BCUT2D eigenvalue weighted by Gasteiger charge is 2.13. The van der Waals surface area contributed by atoms with E-state index in [0.717, 1.165) is 5.69 Å². The second-order valence-electron chi connectivity index (χ2n) is 4.71. The van der Waals surface area contributed by atoms with Gasteiger partial charge in [-0.2, -0.15) is 0 Å². The predicted molar refractivity (Wildman–Crippen MR) is 82.3 cm³/mol. The molecule has 2 rings (SSSR count). The largest absolute Gasteiger partial charge is 0.438 e. The molecular formula is C14H15N5O4. The summed E-state index contributed by atoms with van der Waals surface area (Å²) in [6, 6.07) is 6.10. The first-order valence-electron chi connectivity index (χ1n) is 6.64. The smallest absolute Gasteiger partial charge is 0.405 e. The van der Waals surface area contributed by atoms with E-state index in [1.807, 2.05) is 0 Å². The van der Waals surface area contributed by atoms with E-state index in [9.17, 15) is 14.9 Å². The maximum atomic E-state index is 10.7. The lowest BCUT2D eigenvalue weighted by molar-refractivity contribution is -0.384. The molecule has 1 heterocycles. The number of hydrogen-bond donors (Lipinski definition) is 1. The molecule has 2 aromatic rings. The van der Waals surface area contributed by atoms with Crippen LogP contribution in [-0.4, -0.2) is 28.0 Å². The van der Waals surface area contributed by atoms with Crippen molar-refractivity contribution in [2.45, 2.75) is 13.0 Å². The van der Waals surface area contributed by atoms with Crippen LogP contribution in [0.15, 0.2) is 36.7 Å². The van der Waals surface area contributed by atoms with E-state index in [-0.39, 0.29) is 5.69 Å². The van der Waals surface area contributed by atoms with E-state index in [0.29, 0.717) is 11.5 Å². The zero-order chi connectivity index (χ0) is 17.0. The third-order valence-corrected chi connectivity index (χ3v) is 3.15. The van der Waals surface area contributed by atoms with Gasteiger partial charge in [-0.3, -0.25) is 10.1 Å². The van der Waals surface area contributed by atoms with E-state index < -0.39 is 17.1 Å². The summed E-state index contributed by atoms with van der Waals surface area (Å²) in [5.41, 5.74) is 6.38. The van der Waals surface area contributed by atoms with Gasteiger partial charge in [0.25, 0.3) is 5.69 Å². The van der Waals surface area contributed by atoms with E-state index in [1.54, 1.807) is 43.4 Å². The average molecular weight is 317 g/mol. The van der Waals surface area contributed by atoms with E-state index in [4.69, 9.17) is 10.5 Å². The Hall–Kier alpha value is -3.23. The Labute approximate surface area is 131 Å². The number of anilines is 2. The minimum absolute atomic E-state index is 0.0196. The molecule has 1 unspecified atom stereocenters. The number of nitro benzene ring substituents is 1. The van der Waals surface area contributed by atoms with Gasteiger partial charge in [-0.15, -0.1) is 0 Å². The van der Waals surface area contributed by atoms with Crippen molar-refractivity contribution >= 4 is 23.2 Å². The van der Waals surface area contributed by atoms with Crippen LogP contribution >= 0.6 is 0 Å². The van der Waals surface area contributed by atoms with Gasteiger partial charge in [0.2, 0.25) is 0 Å². The molecule has 0 aliphatic rings. The topological polar surface area (TPSA) is 124 Å². The summed E-state index contributed by atoms with van der Waals surface area (Å²) in [5.74, 6) is 0.324. The van der Waals surface area contributed by atoms with Crippen LogP contribution in [0.1, 0.15) is 18.9 Å². The fraction of sp³-hybridized carbons (Fsp3) is 0.214. The summed E-state index contributed by atoms with van der Waals surface area (Å²) >= 11 is 0. The molecule has 0 aliphatic carbocycles. The summed E-state index contributed by atoms with van der Waals surface area (Å²) in [6.07, 6.45) is 1.58. The number of benzene rings is 1. The summed E-state index contributed by atoms with van der Waals surface area (Å²) < 4.78 is 4.79. The molecule has 0 spiro atoms. The summed E-state index contributed by atoms with van der Waals surface area (Å²) in [7, 11) is 1.78. The zero-order valence-electron chi connectivity index (χ0n) is 12.5. The van der Waals surface area contributed by atoms with Gasteiger partial charge in [0.15, 0.2) is 11.9 Å². The quantitative estimate of drug-likeness (QED) is 0.662. The third kappa shape index (κ3) is 3.90. The van der Waals surface area contributed by atoms with Crippen LogP contribution in [0.4, 0.5) is 21.9 Å². The van der Waals surface area contributed by atoms with Gasteiger partial charge in [0.05, 0.1) is 23.0 Å². The number of hydrogen-bond acceptors (Lipinski definition) is 7.